The van der Waals surface area contributed by atoms with E-state index < -0.39 is 0 Å². The molecule has 1 spiro atoms. The highest BCUT2D eigenvalue weighted by Gasteiger charge is 2.48. The number of rotatable bonds is 1. The van der Waals surface area contributed by atoms with Crippen molar-refractivity contribution in [1.82, 2.24) is 5.01 Å². The summed E-state index contributed by atoms with van der Waals surface area (Å²) in [5.74, 6) is 6.60. The number of ether oxygens (including phenoxy) is 1. The minimum absolute atomic E-state index is 0.420. The van der Waals surface area contributed by atoms with E-state index in [-0.39, 0.29) is 0 Å². The van der Waals surface area contributed by atoms with Crippen LogP contribution in [0.1, 0.15) is 20.3 Å². The zero-order chi connectivity index (χ0) is 8.77. The number of nitrogens with zero attached hydrogens (tertiary/aromatic N) is 1. The second kappa shape index (κ2) is 2.69. The average molecular weight is 170 g/mol. The maximum absolute atomic E-state index is 5.94. The van der Waals surface area contributed by atoms with Crippen LogP contribution in [0.4, 0.5) is 0 Å². The van der Waals surface area contributed by atoms with Crippen LogP contribution in [0.15, 0.2) is 0 Å². The lowest BCUT2D eigenvalue weighted by molar-refractivity contribution is -0.105. The van der Waals surface area contributed by atoms with Gasteiger partial charge in [-0.05, 0) is 12.3 Å². The van der Waals surface area contributed by atoms with Gasteiger partial charge in [0.15, 0.2) is 0 Å². The number of hydrazine groups is 1. The van der Waals surface area contributed by atoms with Gasteiger partial charge in [-0.3, -0.25) is 5.84 Å². The lowest BCUT2D eigenvalue weighted by Gasteiger charge is -2.37. The van der Waals surface area contributed by atoms with Crippen LogP contribution in [-0.4, -0.2) is 30.8 Å². The van der Waals surface area contributed by atoms with Gasteiger partial charge in [-0.15, -0.1) is 0 Å². The summed E-state index contributed by atoms with van der Waals surface area (Å²) in [6.07, 6.45) is 1.22. The van der Waals surface area contributed by atoms with E-state index in [9.17, 15) is 0 Å². The standard InChI is InChI=1S/C9H18N2O/c1-7(2)8-3-9(4-11(8)10)5-12-6-9/h7-8H,3-6,10H2,1-2H3/t8-/m0/s1. The molecule has 2 aliphatic rings. The Morgan fingerprint density at radius 1 is 1.50 bits per heavy atom. The predicted molar refractivity (Wildman–Crippen MR) is 47.4 cm³/mol. The Kier molecular flexibility index (Phi) is 1.90. The van der Waals surface area contributed by atoms with Crippen molar-refractivity contribution in [3.8, 4) is 0 Å². The van der Waals surface area contributed by atoms with Crippen molar-refractivity contribution >= 4 is 0 Å². The summed E-state index contributed by atoms with van der Waals surface area (Å²) in [6.45, 7) is 7.34. The minimum Gasteiger partial charge on any atom is -0.380 e. The molecule has 0 amide bonds. The van der Waals surface area contributed by atoms with E-state index in [2.05, 4.69) is 13.8 Å². The largest absolute Gasteiger partial charge is 0.380 e. The third kappa shape index (κ3) is 1.16. The first-order valence-corrected chi connectivity index (χ1v) is 4.72. The quantitative estimate of drug-likeness (QED) is 0.586. The topological polar surface area (TPSA) is 38.5 Å². The molecule has 2 aliphatic heterocycles. The maximum atomic E-state index is 5.94. The van der Waals surface area contributed by atoms with Gasteiger partial charge < -0.3 is 4.74 Å². The van der Waals surface area contributed by atoms with Crippen LogP contribution in [0.3, 0.4) is 0 Å². The Balaban J connectivity index is 2.02. The molecule has 2 heterocycles. The minimum atomic E-state index is 0.420. The molecule has 2 saturated heterocycles. The van der Waals surface area contributed by atoms with E-state index in [1.54, 1.807) is 0 Å². The van der Waals surface area contributed by atoms with E-state index in [1.807, 2.05) is 5.01 Å². The first kappa shape index (κ1) is 8.48. The molecular formula is C9H18N2O. The summed E-state index contributed by atoms with van der Waals surface area (Å²) in [4.78, 5) is 0. The van der Waals surface area contributed by atoms with Gasteiger partial charge in [0, 0.05) is 18.0 Å². The molecule has 0 aromatic carbocycles. The van der Waals surface area contributed by atoms with Crippen LogP contribution in [0.2, 0.25) is 0 Å². The van der Waals surface area contributed by atoms with Crippen LogP contribution in [0, 0.1) is 11.3 Å². The first-order chi connectivity index (χ1) is 5.63. The number of hydrogen-bond donors (Lipinski definition) is 1. The fourth-order valence-corrected chi connectivity index (χ4v) is 2.35. The predicted octanol–water partition coefficient (Wildman–Crippen LogP) is 0.607. The third-order valence-electron chi connectivity index (χ3n) is 3.17. The molecule has 3 nitrogen and oxygen atoms in total. The van der Waals surface area contributed by atoms with Gasteiger partial charge in [-0.25, -0.2) is 5.01 Å². The van der Waals surface area contributed by atoms with Gasteiger partial charge in [0.25, 0.3) is 0 Å². The Labute approximate surface area is 73.8 Å². The molecule has 1 atom stereocenters. The molecule has 0 aromatic heterocycles. The zero-order valence-corrected chi connectivity index (χ0v) is 7.92. The van der Waals surface area contributed by atoms with Crippen molar-refractivity contribution in [2.75, 3.05) is 19.8 Å². The van der Waals surface area contributed by atoms with Crippen molar-refractivity contribution in [3.63, 3.8) is 0 Å². The Morgan fingerprint density at radius 2 is 2.17 bits per heavy atom. The van der Waals surface area contributed by atoms with Crippen LogP contribution in [0.25, 0.3) is 0 Å². The van der Waals surface area contributed by atoms with Crippen LogP contribution in [0.5, 0.6) is 0 Å². The van der Waals surface area contributed by atoms with E-state index in [1.165, 1.54) is 6.42 Å². The van der Waals surface area contributed by atoms with E-state index in [4.69, 9.17) is 10.6 Å². The molecule has 0 saturated carbocycles. The third-order valence-corrected chi connectivity index (χ3v) is 3.17. The fraction of sp³-hybridized carbons (Fsp3) is 1.00. The van der Waals surface area contributed by atoms with Gasteiger partial charge >= 0.3 is 0 Å². The molecule has 0 aliphatic carbocycles. The molecule has 70 valence electrons. The molecule has 0 aromatic rings. The van der Waals surface area contributed by atoms with E-state index in [0.717, 1.165) is 19.8 Å². The molecule has 0 unspecified atom stereocenters. The molecule has 2 N–H and O–H groups in total. The average Bonchev–Trinajstić information content (AvgIpc) is 2.26. The molecule has 0 radical (unpaired) electrons. The van der Waals surface area contributed by atoms with Crippen molar-refractivity contribution in [2.45, 2.75) is 26.3 Å². The molecule has 3 heteroatoms. The van der Waals surface area contributed by atoms with Gasteiger partial charge in [0.1, 0.15) is 0 Å². The molecule has 2 rings (SSSR count). The smallest absolute Gasteiger partial charge is 0.0558 e. The second-order valence-electron chi connectivity index (χ2n) is 4.68. The highest BCUT2D eigenvalue weighted by Crippen LogP contribution is 2.41. The molecule has 12 heavy (non-hydrogen) atoms. The summed E-state index contributed by atoms with van der Waals surface area (Å²) >= 11 is 0. The molecular weight excluding hydrogens is 152 g/mol. The lowest BCUT2D eigenvalue weighted by atomic mass is 9.82. The summed E-state index contributed by atoms with van der Waals surface area (Å²) in [5.41, 5.74) is 0.420. The summed E-state index contributed by atoms with van der Waals surface area (Å²) in [6, 6.07) is 0.564. The Bertz CT molecular complexity index is 177. The van der Waals surface area contributed by atoms with E-state index in [0.29, 0.717) is 17.4 Å². The summed E-state index contributed by atoms with van der Waals surface area (Å²) in [5, 5.41) is 2.01. The van der Waals surface area contributed by atoms with Crippen LogP contribution < -0.4 is 5.84 Å². The second-order valence-corrected chi connectivity index (χ2v) is 4.68. The van der Waals surface area contributed by atoms with Crippen LogP contribution >= 0.6 is 0 Å². The van der Waals surface area contributed by atoms with Crippen molar-refractivity contribution in [1.29, 1.82) is 0 Å². The highest BCUT2D eigenvalue weighted by molar-refractivity contribution is 4.98. The maximum Gasteiger partial charge on any atom is 0.0558 e. The lowest BCUT2D eigenvalue weighted by Crippen LogP contribution is -2.45. The first-order valence-electron chi connectivity index (χ1n) is 4.72. The van der Waals surface area contributed by atoms with Crippen molar-refractivity contribution in [2.24, 2.45) is 17.2 Å². The molecule has 0 bridgehead atoms. The summed E-state index contributed by atoms with van der Waals surface area (Å²) in [7, 11) is 0. The van der Waals surface area contributed by atoms with Gasteiger partial charge in [-0.2, -0.15) is 0 Å². The van der Waals surface area contributed by atoms with Gasteiger partial charge in [0.2, 0.25) is 0 Å². The van der Waals surface area contributed by atoms with Crippen molar-refractivity contribution < 1.29 is 4.74 Å². The Morgan fingerprint density at radius 3 is 2.42 bits per heavy atom. The van der Waals surface area contributed by atoms with E-state index >= 15 is 0 Å². The number of hydrogen-bond acceptors (Lipinski definition) is 3. The van der Waals surface area contributed by atoms with Gasteiger partial charge in [-0.1, -0.05) is 13.8 Å². The SMILES string of the molecule is CC(C)[C@@H]1CC2(COC2)CN1N. The van der Waals surface area contributed by atoms with Crippen molar-refractivity contribution in [3.05, 3.63) is 0 Å². The van der Waals surface area contributed by atoms with Crippen LogP contribution in [-0.2, 0) is 4.74 Å². The fourth-order valence-electron chi connectivity index (χ4n) is 2.35. The summed E-state index contributed by atoms with van der Waals surface area (Å²) < 4.78 is 5.25. The Hall–Kier alpha value is -0.120. The number of nitrogens with two attached hydrogens (primary N) is 1. The highest BCUT2D eigenvalue weighted by atomic mass is 16.5. The normalized spacial score (nSPS) is 34.5. The molecule has 2 fully saturated rings. The zero-order valence-electron chi connectivity index (χ0n) is 7.92. The monoisotopic (exact) mass is 170 g/mol. The van der Waals surface area contributed by atoms with Gasteiger partial charge in [0.05, 0.1) is 13.2 Å².